The third kappa shape index (κ3) is 3.00. The summed E-state index contributed by atoms with van der Waals surface area (Å²) >= 11 is 3.40. The number of pyridine rings is 1. The summed E-state index contributed by atoms with van der Waals surface area (Å²) in [5, 5.41) is 0. The van der Waals surface area contributed by atoms with Gasteiger partial charge in [-0.3, -0.25) is 4.98 Å². The van der Waals surface area contributed by atoms with Gasteiger partial charge in [0.25, 0.3) is 0 Å². The minimum absolute atomic E-state index is 0.868. The molecule has 0 spiro atoms. The van der Waals surface area contributed by atoms with Crippen molar-refractivity contribution < 1.29 is 4.74 Å². The van der Waals surface area contributed by atoms with Crippen LogP contribution in [0.15, 0.2) is 46.3 Å². The highest BCUT2D eigenvalue weighted by Gasteiger charge is 2.04. The Morgan fingerprint density at radius 1 is 1.00 bits per heavy atom. The number of hydrogen-bond acceptors (Lipinski definition) is 4. The lowest BCUT2D eigenvalue weighted by Crippen LogP contribution is -1.88. The fourth-order valence-electron chi connectivity index (χ4n) is 1.63. The quantitative estimate of drug-likeness (QED) is 0.781. The van der Waals surface area contributed by atoms with E-state index in [9.17, 15) is 0 Å². The van der Waals surface area contributed by atoms with Crippen molar-refractivity contribution >= 4 is 23.5 Å². The first-order valence-corrected chi connectivity index (χ1v) is 7.95. The van der Waals surface area contributed by atoms with Crippen LogP contribution < -0.4 is 4.74 Å². The van der Waals surface area contributed by atoms with Crippen LogP contribution >= 0.6 is 23.5 Å². The lowest BCUT2D eigenvalue weighted by atomic mass is 10.1. The van der Waals surface area contributed by atoms with Crippen LogP contribution in [0.25, 0.3) is 11.3 Å². The SMILES string of the molecule is COc1cc(SC)cc(-c2ccc(SC)cn2)c1. The molecule has 0 bridgehead atoms. The van der Waals surface area contributed by atoms with E-state index in [0.717, 1.165) is 17.0 Å². The summed E-state index contributed by atoms with van der Waals surface area (Å²) in [7, 11) is 1.69. The second kappa shape index (κ2) is 6.16. The standard InChI is InChI=1S/C14H15NOS2/c1-16-11-6-10(7-13(8-11)18-3)14-5-4-12(17-2)9-15-14/h4-9H,1-3H3. The molecule has 0 amide bonds. The van der Waals surface area contributed by atoms with Gasteiger partial charge in [0.2, 0.25) is 0 Å². The molecule has 0 fully saturated rings. The van der Waals surface area contributed by atoms with Crippen molar-refractivity contribution in [1.82, 2.24) is 4.98 Å². The van der Waals surface area contributed by atoms with E-state index in [4.69, 9.17) is 4.74 Å². The Balaban J connectivity index is 2.41. The van der Waals surface area contributed by atoms with Crippen LogP contribution in [0.4, 0.5) is 0 Å². The summed E-state index contributed by atoms with van der Waals surface area (Å²) in [6, 6.07) is 10.3. The molecular weight excluding hydrogens is 262 g/mol. The first kappa shape index (κ1) is 13.3. The van der Waals surface area contributed by atoms with Crippen molar-refractivity contribution in [2.24, 2.45) is 0 Å². The summed E-state index contributed by atoms with van der Waals surface area (Å²) in [5.74, 6) is 0.868. The molecule has 1 heterocycles. The van der Waals surface area contributed by atoms with E-state index in [2.05, 4.69) is 23.4 Å². The van der Waals surface area contributed by atoms with Crippen molar-refractivity contribution in [2.45, 2.75) is 9.79 Å². The Hall–Kier alpha value is -1.13. The molecule has 0 unspecified atom stereocenters. The Bertz CT molecular complexity index is 504. The summed E-state index contributed by atoms with van der Waals surface area (Å²) < 4.78 is 5.32. The van der Waals surface area contributed by atoms with E-state index in [1.165, 1.54) is 9.79 Å². The molecule has 0 saturated carbocycles. The van der Waals surface area contributed by atoms with Gasteiger partial charge in [0.1, 0.15) is 5.75 Å². The number of ether oxygens (including phenoxy) is 1. The third-order valence-electron chi connectivity index (χ3n) is 2.62. The molecule has 0 aliphatic carbocycles. The van der Waals surface area contributed by atoms with E-state index in [1.807, 2.05) is 30.7 Å². The molecule has 0 N–H and O–H groups in total. The lowest BCUT2D eigenvalue weighted by molar-refractivity contribution is 0.414. The van der Waals surface area contributed by atoms with Gasteiger partial charge < -0.3 is 4.74 Å². The summed E-state index contributed by atoms with van der Waals surface area (Å²) in [6.45, 7) is 0. The van der Waals surface area contributed by atoms with Crippen LogP contribution in [-0.2, 0) is 0 Å². The second-order valence-electron chi connectivity index (χ2n) is 3.68. The molecule has 2 aromatic rings. The van der Waals surface area contributed by atoms with Crippen LogP contribution in [0.1, 0.15) is 0 Å². The average Bonchev–Trinajstić information content (AvgIpc) is 2.46. The van der Waals surface area contributed by atoms with E-state index in [0.29, 0.717) is 0 Å². The van der Waals surface area contributed by atoms with Crippen LogP contribution in [0.5, 0.6) is 5.75 Å². The molecule has 4 heteroatoms. The highest BCUT2D eigenvalue weighted by molar-refractivity contribution is 7.98. The summed E-state index contributed by atoms with van der Waals surface area (Å²) in [4.78, 5) is 6.84. The first-order chi connectivity index (χ1) is 8.76. The van der Waals surface area contributed by atoms with Crippen molar-refractivity contribution in [1.29, 1.82) is 0 Å². The molecule has 2 rings (SSSR count). The molecule has 0 aliphatic rings. The van der Waals surface area contributed by atoms with E-state index < -0.39 is 0 Å². The number of hydrogen-bond donors (Lipinski definition) is 0. The lowest BCUT2D eigenvalue weighted by Gasteiger charge is -2.07. The van der Waals surface area contributed by atoms with Crippen LogP contribution in [0.3, 0.4) is 0 Å². The minimum atomic E-state index is 0.868. The van der Waals surface area contributed by atoms with Gasteiger partial charge >= 0.3 is 0 Å². The maximum Gasteiger partial charge on any atom is 0.120 e. The largest absolute Gasteiger partial charge is 0.497 e. The molecule has 18 heavy (non-hydrogen) atoms. The normalized spacial score (nSPS) is 10.4. The molecule has 0 radical (unpaired) electrons. The zero-order valence-corrected chi connectivity index (χ0v) is 12.3. The smallest absolute Gasteiger partial charge is 0.120 e. The number of methoxy groups -OCH3 is 1. The van der Waals surface area contributed by atoms with Gasteiger partial charge in [0.05, 0.1) is 12.8 Å². The van der Waals surface area contributed by atoms with Crippen LogP contribution in [0, 0.1) is 0 Å². The van der Waals surface area contributed by atoms with Crippen molar-refractivity contribution in [3.63, 3.8) is 0 Å². The monoisotopic (exact) mass is 277 g/mol. The van der Waals surface area contributed by atoms with Gasteiger partial charge in [-0.2, -0.15) is 0 Å². The molecule has 1 aromatic heterocycles. The third-order valence-corrected chi connectivity index (χ3v) is 4.04. The highest BCUT2D eigenvalue weighted by atomic mass is 32.2. The predicted molar refractivity (Wildman–Crippen MR) is 79.8 cm³/mol. The minimum Gasteiger partial charge on any atom is -0.497 e. The number of rotatable bonds is 4. The number of aromatic nitrogens is 1. The average molecular weight is 277 g/mol. The van der Waals surface area contributed by atoms with E-state index in [1.54, 1.807) is 30.6 Å². The Labute approximate surface area is 116 Å². The van der Waals surface area contributed by atoms with Gasteiger partial charge in [0.15, 0.2) is 0 Å². The van der Waals surface area contributed by atoms with Crippen molar-refractivity contribution in [2.75, 3.05) is 19.6 Å². The number of nitrogens with zero attached hydrogens (tertiary/aromatic N) is 1. The van der Waals surface area contributed by atoms with Gasteiger partial charge in [-0.05, 0) is 42.8 Å². The van der Waals surface area contributed by atoms with Crippen molar-refractivity contribution in [3.05, 3.63) is 36.5 Å². The molecular formula is C14H15NOS2. The maximum atomic E-state index is 5.32. The van der Waals surface area contributed by atoms with Gasteiger partial charge in [-0.1, -0.05) is 0 Å². The second-order valence-corrected chi connectivity index (χ2v) is 5.44. The van der Waals surface area contributed by atoms with E-state index in [-0.39, 0.29) is 0 Å². The topological polar surface area (TPSA) is 22.1 Å². The zero-order chi connectivity index (χ0) is 13.0. The Kier molecular flexibility index (Phi) is 4.55. The molecule has 0 aliphatic heterocycles. The van der Waals surface area contributed by atoms with Crippen molar-refractivity contribution in [3.8, 4) is 17.0 Å². The fourth-order valence-corrected chi connectivity index (χ4v) is 2.47. The number of thioether (sulfide) groups is 2. The molecule has 2 nitrogen and oxygen atoms in total. The van der Waals surface area contributed by atoms with Crippen LogP contribution in [-0.4, -0.2) is 24.6 Å². The first-order valence-electron chi connectivity index (χ1n) is 5.50. The molecule has 0 atom stereocenters. The Morgan fingerprint density at radius 2 is 1.78 bits per heavy atom. The van der Waals surface area contributed by atoms with Gasteiger partial charge in [-0.15, -0.1) is 23.5 Å². The molecule has 0 saturated heterocycles. The van der Waals surface area contributed by atoms with E-state index >= 15 is 0 Å². The maximum absolute atomic E-state index is 5.32. The fraction of sp³-hybridized carbons (Fsp3) is 0.214. The number of benzene rings is 1. The van der Waals surface area contributed by atoms with Gasteiger partial charge in [0, 0.05) is 21.6 Å². The summed E-state index contributed by atoms with van der Waals surface area (Å²) in [5.41, 5.74) is 2.06. The summed E-state index contributed by atoms with van der Waals surface area (Å²) in [6.07, 6.45) is 6.01. The Morgan fingerprint density at radius 3 is 2.33 bits per heavy atom. The molecule has 1 aromatic carbocycles. The van der Waals surface area contributed by atoms with Crippen LogP contribution in [0.2, 0.25) is 0 Å². The van der Waals surface area contributed by atoms with Gasteiger partial charge in [-0.25, -0.2) is 0 Å². The predicted octanol–water partition coefficient (Wildman–Crippen LogP) is 4.20. The zero-order valence-electron chi connectivity index (χ0n) is 10.6. The molecule has 94 valence electrons. The highest BCUT2D eigenvalue weighted by Crippen LogP contribution is 2.29.